The molecule has 3 rings (SSSR count). The minimum atomic E-state index is 0.324. The van der Waals surface area contributed by atoms with Gasteiger partial charge in [-0.1, -0.05) is 18.9 Å². The molecular weight excluding hydrogens is 218 g/mol. The summed E-state index contributed by atoms with van der Waals surface area (Å²) in [5, 5.41) is 0. The van der Waals surface area contributed by atoms with Gasteiger partial charge in [0, 0.05) is 6.54 Å². The van der Waals surface area contributed by atoms with Crippen molar-refractivity contribution in [1.82, 2.24) is 5.48 Å². The lowest BCUT2D eigenvalue weighted by Gasteiger charge is -2.11. The van der Waals surface area contributed by atoms with E-state index in [0.29, 0.717) is 19.4 Å². The van der Waals surface area contributed by atoms with Gasteiger partial charge in [-0.15, -0.1) is 0 Å². The van der Waals surface area contributed by atoms with Crippen LogP contribution in [0.15, 0.2) is 18.2 Å². The summed E-state index contributed by atoms with van der Waals surface area (Å²) < 4.78 is 10.6. The number of fused-ring (bicyclic) bond motifs is 1. The first-order valence-corrected chi connectivity index (χ1v) is 6.19. The number of rotatable bonds is 4. The Labute approximate surface area is 101 Å². The van der Waals surface area contributed by atoms with Gasteiger partial charge in [-0.2, -0.15) is 5.48 Å². The lowest BCUT2D eigenvalue weighted by atomic mass is 10.2. The average Bonchev–Trinajstić information content (AvgIpc) is 2.98. The van der Waals surface area contributed by atoms with Crippen molar-refractivity contribution in [3.05, 3.63) is 23.8 Å². The highest BCUT2D eigenvalue weighted by Gasteiger charge is 2.16. The molecule has 0 aromatic heterocycles. The fourth-order valence-electron chi connectivity index (χ4n) is 2.30. The molecule has 92 valence electrons. The smallest absolute Gasteiger partial charge is 0.231 e. The maximum atomic E-state index is 5.60. The molecule has 1 heterocycles. The summed E-state index contributed by atoms with van der Waals surface area (Å²) in [6.07, 6.45) is 5.32. The van der Waals surface area contributed by atoms with Gasteiger partial charge in [0.25, 0.3) is 0 Å². The van der Waals surface area contributed by atoms with Gasteiger partial charge < -0.3 is 9.47 Å². The van der Waals surface area contributed by atoms with Crippen LogP contribution in [0.2, 0.25) is 0 Å². The molecule has 0 saturated heterocycles. The van der Waals surface area contributed by atoms with Crippen LogP contribution in [0.3, 0.4) is 0 Å². The summed E-state index contributed by atoms with van der Waals surface area (Å²) >= 11 is 0. The lowest BCUT2D eigenvalue weighted by molar-refractivity contribution is -0.0244. The van der Waals surface area contributed by atoms with Gasteiger partial charge in [-0.3, -0.25) is 4.84 Å². The van der Waals surface area contributed by atoms with E-state index in [1.54, 1.807) is 0 Å². The summed E-state index contributed by atoms with van der Waals surface area (Å²) in [6, 6.07) is 5.96. The number of hydrogen-bond donors (Lipinski definition) is 1. The lowest BCUT2D eigenvalue weighted by Crippen LogP contribution is -2.21. The van der Waals surface area contributed by atoms with Crippen molar-refractivity contribution in [3.8, 4) is 11.5 Å². The predicted molar refractivity (Wildman–Crippen MR) is 62.7 cm³/mol. The second kappa shape index (κ2) is 4.94. The van der Waals surface area contributed by atoms with Crippen LogP contribution in [-0.4, -0.2) is 12.9 Å². The molecule has 1 aromatic rings. The molecule has 0 bridgehead atoms. The number of hydroxylamine groups is 1. The number of ether oxygens (including phenoxy) is 2. The van der Waals surface area contributed by atoms with Crippen LogP contribution < -0.4 is 15.0 Å². The van der Waals surface area contributed by atoms with Crippen molar-refractivity contribution in [1.29, 1.82) is 0 Å². The fourth-order valence-corrected chi connectivity index (χ4v) is 2.30. The third-order valence-corrected chi connectivity index (χ3v) is 3.27. The fraction of sp³-hybridized carbons (Fsp3) is 0.538. The average molecular weight is 235 g/mol. The zero-order valence-electron chi connectivity index (χ0n) is 9.78. The zero-order chi connectivity index (χ0) is 11.5. The summed E-state index contributed by atoms with van der Waals surface area (Å²) in [7, 11) is 0. The normalized spacial score (nSPS) is 18.8. The molecule has 0 amide bonds. The number of hydrogen-bond acceptors (Lipinski definition) is 4. The molecule has 1 saturated carbocycles. The summed E-state index contributed by atoms with van der Waals surface area (Å²) in [5.74, 6) is 1.65. The molecule has 1 aliphatic heterocycles. The SMILES string of the molecule is c1cc2c(cc1CNOC1CCCC1)OCO2. The second-order valence-electron chi connectivity index (χ2n) is 4.53. The summed E-state index contributed by atoms with van der Waals surface area (Å²) in [4.78, 5) is 5.60. The van der Waals surface area contributed by atoms with Crippen LogP contribution in [0.25, 0.3) is 0 Å². The molecule has 4 nitrogen and oxygen atoms in total. The molecule has 0 unspecified atom stereocenters. The van der Waals surface area contributed by atoms with E-state index in [1.165, 1.54) is 25.7 Å². The minimum Gasteiger partial charge on any atom is -0.454 e. The molecule has 1 N–H and O–H groups in total. The first kappa shape index (κ1) is 10.9. The van der Waals surface area contributed by atoms with E-state index in [9.17, 15) is 0 Å². The quantitative estimate of drug-likeness (QED) is 0.813. The maximum absolute atomic E-state index is 5.60. The molecule has 1 aromatic carbocycles. The van der Waals surface area contributed by atoms with Crippen molar-refractivity contribution in [2.45, 2.75) is 38.3 Å². The molecule has 17 heavy (non-hydrogen) atoms. The highest BCUT2D eigenvalue weighted by molar-refractivity contribution is 5.44. The molecule has 1 fully saturated rings. The number of benzene rings is 1. The Morgan fingerprint density at radius 1 is 1.18 bits per heavy atom. The van der Waals surface area contributed by atoms with Crippen molar-refractivity contribution in [3.63, 3.8) is 0 Å². The van der Waals surface area contributed by atoms with Gasteiger partial charge in [0.2, 0.25) is 6.79 Å². The Bertz CT molecular complexity index is 388. The van der Waals surface area contributed by atoms with Crippen LogP contribution in [0.1, 0.15) is 31.2 Å². The standard InChI is InChI=1S/C13H17NO3/c1-2-4-11(3-1)17-14-8-10-5-6-12-13(7-10)16-9-15-12/h5-7,11,14H,1-4,8-9H2. The summed E-state index contributed by atoms with van der Waals surface area (Å²) in [6.45, 7) is 1.03. The molecule has 0 atom stereocenters. The van der Waals surface area contributed by atoms with Crippen molar-refractivity contribution in [2.24, 2.45) is 0 Å². The zero-order valence-corrected chi connectivity index (χ0v) is 9.78. The minimum absolute atomic E-state index is 0.324. The first-order chi connectivity index (χ1) is 8.42. The van der Waals surface area contributed by atoms with Crippen LogP contribution in [0.4, 0.5) is 0 Å². The van der Waals surface area contributed by atoms with E-state index in [1.807, 2.05) is 18.2 Å². The molecule has 1 aliphatic carbocycles. The van der Waals surface area contributed by atoms with Gasteiger partial charge in [0.15, 0.2) is 11.5 Å². The van der Waals surface area contributed by atoms with E-state index in [0.717, 1.165) is 17.1 Å². The first-order valence-electron chi connectivity index (χ1n) is 6.19. The second-order valence-corrected chi connectivity index (χ2v) is 4.53. The highest BCUT2D eigenvalue weighted by atomic mass is 16.7. The third-order valence-electron chi connectivity index (χ3n) is 3.27. The van der Waals surface area contributed by atoms with Gasteiger partial charge in [-0.05, 0) is 30.5 Å². The van der Waals surface area contributed by atoms with Crippen LogP contribution in [-0.2, 0) is 11.4 Å². The van der Waals surface area contributed by atoms with E-state index < -0.39 is 0 Å². The molecular formula is C13H17NO3. The van der Waals surface area contributed by atoms with Gasteiger partial charge >= 0.3 is 0 Å². The Morgan fingerprint density at radius 2 is 2.00 bits per heavy atom. The van der Waals surface area contributed by atoms with E-state index in [4.69, 9.17) is 14.3 Å². The molecule has 0 spiro atoms. The Balaban J connectivity index is 1.51. The van der Waals surface area contributed by atoms with Crippen LogP contribution in [0, 0.1) is 0 Å². The van der Waals surface area contributed by atoms with Crippen molar-refractivity contribution in [2.75, 3.05) is 6.79 Å². The Morgan fingerprint density at radius 3 is 2.88 bits per heavy atom. The predicted octanol–water partition coefficient (Wildman–Crippen LogP) is 2.38. The van der Waals surface area contributed by atoms with Crippen molar-refractivity contribution >= 4 is 0 Å². The third kappa shape index (κ3) is 2.53. The molecule has 0 radical (unpaired) electrons. The number of nitrogens with one attached hydrogen (secondary N) is 1. The van der Waals surface area contributed by atoms with Crippen LogP contribution in [0.5, 0.6) is 11.5 Å². The Hall–Kier alpha value is -1.26. The molecule has 4 heteroatoms. The monoisotopic (exact) mass is 235 g/mol. The Kier molecular flexibility index (Phi) is 3.16. The molecule has 2 aliphatic rings. The van der Waals surface area contributed by atoms with Gasteiger partial charge in [0.1, 0.15) is 0 Å². The van der Waals surface area contributed by atoms with Gasteiger partial charge in [-0.25, -0.2) is 0 Å². The summed E-state index contributed by atoms with van der Waals surface area (Å²) in [5.41, 5.74) is 4.18. The van der Waals surface area contributed by atoms with Gasteiger partial charge in [0.05, 0.1) is 6.10 Å². The largest absolute Gasteiger partial charge is 0.454 e. The maximum Gasteiger partial charge on any atom is 0.231 e. The topological polar surface area (TPSA) is 39.7 Å². The van der Waals surface area contributed by atoms with Crippen LogP contribution >= 0.6 is 0 Å². The highest BCUT2D eigenvalue weighted by Crippen LogP contribution is 2.32. The van der Waals surface area contributed by atoms with E-state index in [-0.39, 0.29) is 0 Å². The van der Waals surface area contributed by atoms with E-state index >= 15 is 0 Å². The van der Waals surface area contributed by atoms with E-state index in [2.05, 4.69) is 5.48 Å². The van der Waals surface area contributed by atoms with Crippen molar-refractivity contribution < 1.29 is 14.3 Å².